The SMILES string of the molecule is CCc1ccc2c(c1)S(=O)(=O)c1cc(CC)ccc1C2.CCc1ccc2c(c1)S(=O)(=O)c1ccccc1C2.CCc1ccc2c(c1)S(=O)c1cc(CC)ccc1C2.CCc1cccc2c1Cc1ccccc1S2(=O)=O. The van der Waals surface area contributed by atoms with Gasteiger partial charge in [0.1, 0.15) is 0 Å². The fourth-order valence-corrected chi connectivity index (χ4v) is 17.3. The molecule has 0 radical (unpaired) electrons. The van der Waals surface area contributed by atoms with E-state index in [1.165, 1.54) is 22.3 Å². The summed E-state index contributed by atoms with van der Waals surface area (Å²) in [6.07, 6.45) is 8.44. The van der Waals surface area contributed by atoms with E-state index in [4.69, 9.17) is 0 Å². The molecule has 0 unspecified atom stereocenters. The monoisotopic (exact) mass is 1070 g/mol. The van der Waals surface area contributed by atoms with Gasteiger partial charge in [-0.15, -0.1) is 0 Å². The summed E-state index contributed by atoms with van der Waals surface area (Å²) in [5, 5.41) is 0. The molecule has 0 aromatic heterocycles. The Morgan fingerprint density at radius 3 is 1.05 bits per heavy atom. The Morgan fingerprint density at radius 2 is 0.640 bits per heavy atom. The van der Waals surface area contributed by atoms with Crippen molar-refractivity contribution in [1.82, 2.24) is 0 Å². The molecule has 12 rings (SSSR count). The molecular weight excluding hydrogens is 1010 g/mol. The Labute approximate surface area is 447 Å². The van der Waals surface area contributed by atoms with Crippen LogP contribution in [-0.2, 0) is 105 Å². The lowest BCUT2D eigenvalue weighted by Gasteiger charge is -2.21. The zero-order valence-corrected chi connectivity index (χ0v) is 46.8. The topological polar surface area (TPSA) is 119 Å². The van der Waals surface area contributed by atoms with Crippen molar-refractivity contribution >= 4 is 40.3 Å². The van der Waals surface area contributed by atoms with Gasteiger partial charge in [-0.2, -0.15) is 0 Å². The van der Waals surface area contributed by atoms with E-state index in [0.717, 1.165) is 117 Å². The zero-order chi connectivity index (χ0) is 53.2. The van der Waals surface area contributed by atoms with E-state index in [1.807, 2.05) is 112 Å². The van der Waals surface area contributed by atoms with Gasteiger partial charge in [0.25, 0.3) is 0 Å². The minimum atomic E-state index is -3.37. The van der Waals surface area contributed by atoms with Gasteiger partial charge in [-0.05, 0) is 171 Å². The van der Waals surface area contributed by atoms with Crippen molar-refractivity contribution < 1.29 is 29.5 Å². The highest BCUT2D eigenvalue weighted by molar-refractivity contribution is 7.92. The predicted molar refractivity (Wildman–Crippen MR) is 300 cm³/mol. The van der Waals surface area contributed by atoms with Crippen molar-refractivity contribution in [3.8, 4) is 0 Å². The summed E-state index contributed by atoms with van der Waals surface area (Å²) in [6.45, 7) is 12.4. The number of aryl methyl sites for hydroxylation is 6. The molecule has 4 heterocycles. The average Bonchev–Trinajstić information content (AvgIpc) is 3.44. The Balaban J connectivity index is 0.000000123. The van der Waals surface area contributed by atoms with Gasteiger partial charge in [-0.25, -0.2) is 29.5 Å². The molecule has 0 saturated carbocycles. The second-order valence-electron chi connectivity index (χ2n) is 19.4. The highest BCUT2D eigenvalue weighted by atomic mass is 32.2. The molecule has 11 heteroatoms. The summed E-state index contributed by atoms with van der Waals surface area (Å²) in [4.78, 5) is 4.92. The van der Waals surface area contributed by atoms with Gasteiger partial charge in [-0.1, -0.05) is 151 Å². The maximum atomic E-state index is 12.8. The molecule has 8 aromatic rings. The number of hydrogen-bond acceptors (Lipinski definition) is 7. The lowest BCUT2D eigenvalue weighted by Crippen LogP contribution is -2.16. The summed E-state index contributed by atoms with van der Waals surface area (Å²) in [7, 11) is -11.0. The van der Waals surface area contributed by atoms with Crippen molar-refractivity contribution in [3.63, 3.8) is 0 Å². The molecule has 4 aliphatic heterocycles. The number of fused-ring (bicyclic) bond motifs is 8. The van der Waals surface area contributed by atoms with Crippen LogP contribution >= 0.6 is 0 Å². The highest BCUT2D eigenvalue weighted by Crippen LogP contribution is 2.39. The van der Waals surface area contributed by atoms with Crippen molar-refractivity contribution in [1.29, 1.82) is 0 Å². The molecule has 0 fully saturated rings. The van der Waals surface area contributed by atoms with Crippen LogP contribution < -0.4 is 0 Å². The number of benzene rings is 8. The molecule has 0 N–H and O–H groups in total. The van der Waals surface area contributed by atoms with Crippen LogP contribution in [0.4, 0.5) is 0 Å². The Hall–Kier alpha value is -6.24. The van der Waals surface area contributed by atoms with Crippen molar-refractivity contribution in [2.75, 3.05) is 0 Å². The van der Waals surface area contributed by atoms with Crippen LogP contribution in [0.1, 0.15) is 119 Å². The summed E-state index contributed by atoms with van der Waals surface area (Å²) in [5.74, 6) is 0. The van der Waals surface area contributed by atoms with E-state index >= 15 is 0 Å². The summed E-state index contributed by atoms with van der Waals surface area (Å²) < 4.78 is 88.7. The quantitative estimate of drug-likeness (QED) is 0.163. The molecule has 386 valence electrons. The number of rotatable bonds is 6. The Bertz CT molecular complexity index is 3720. The van der Waals surface area contributed by atoms with Crippen LogP contribution in [0.25, 0.3) is 0 Å². The number of sulfone groups is 3. The van der Waals surface area contributed by atoms with Gasteiger partial charge in [0.05, 0.1) is 40.2 Å². The molecule has 7 nitrogen and oxygen atoms in total. The molecule has 0 saturated heterocycles. The fraction of sp³-hybridized carbons (Fsp3) is 0.250. The summed E-state index contributed by atoms with van der Waals surface area (Å²) in [5.41, 5.74) is 14.8. The van der Waals surface area contributed by atoms with E-state index in [9.17, 15) is 29.5 Å². The molecule has 0 bridgehead atoms. The first-order chi connectivity index (χ1) is 36.0. The second kappa shape index (κ2) is 22.2. The van der Waals surface area contributed by atoms with Crippen LogP contribution in [0.2, 0.25) is 0 Å². The normalized spacial score (nSPS) is 15.3. The van der Waals surface area contributed by atoms with Crippen LogP contribution in [0.3, 0.4) is 0 Å². The second-order valence-corrected chi connectivity index (χ2v) is 26.5. The van der Waals surface area contributed by atoms with Crippen molar-refractivity contribution in [2.24, 2.45) is 0 Å². The minimum absolute atomic E-state index is 0.464. The molecule has 0 atom stereocenters. The van der Waals surface area contributed by atoms with Gasteiger partial charge in [0.15, 0.2) is 0 Å². The Morgan fingerprint density at radius 1 is 0.320 bits per heavy atom. The van der Waals surface area contributed by atoms with Gasteiger partial charge >= 0.3 is 0 Å². The smallest absolute Gasteiger partial charge is 0.207 e. The maximum Gasteiger partial charge on any atom is 0.207 e. The summed E-state index contributed by atoms with van der Waals surface area (Å²) in [6, 6.07) is 50.4. The van der Waals surface area contributed by atoms with Crippen LogP contribution in [0, 0.1) is 0 Å². The molecule has 0 amide bonds. The first kappa shape index (κ1) is 53.6. The third kappa shape index (κ3) is 10.5. The first-order valence-electron chi connectivity index (χ1n) is 26.1. The largest absolute Gasteiger partial charge is 0.249 e. The molecule has 0 spiro atoms. The van der Waals surface area contributed by atoms with Crippen molar-refractivity contribution in [3.05, 3.63) is 236 Å². The zero-order valence-electron chi connectivity index (χ0n) is 43.6. The standard InChI is InChI=1S/C17H18O2S.C17H18OS.2C15H14O2S/c1-3-12-5-7-14-11-15-8-6-13(4-2)10-17(15)20(18,19)16(14)9-12;1-3-12-5-7-14-11-15-8-6-13(4-2)10-17(15)19(18)16(14)9-12;1-2-11-7-5-9-15-13(11)10-12-6-3-4-8-14(12)18(15,16)17;1-2-11-7-8-13-10-12-5-3-4-6-14(12)18(16,17)15(13)9-11/h5-10H,3-4,11H2,1-2H3;5-10H,3-4,11H2,1-2H3;2*3-9H,2,10H2,1H3. The van der Waals surface area contributed by atoms with E-state index in [0.29, 0.717) is 42.2 Å². The lowest BCUT2D eigenvalue weighted by atomic mass is 9.98. The Kier molecular flexibility index (Phi) is 15.8. The summed E-state index contributed by atoms with van der Waals surface area (Å²) >= 11 is 0. The average molecular weight is 1070 g/mol. The fourth-order valence-electron chi connectivity index (χ4n) is 10.4. The van der Waals surface area contributed by atoms with E-state index in [2.05, 4.69) is 57.2 Å². The number of hydrogen-bond donors (Lipinski definition) is 0. The van der Waals surface area contributed by atoms with Crippen molar-refractivity contribution in [2.45, 2.75) is 145 Å². The van der Waals surface area contributed by atoms with Gasteiger partial charge in [-0.3, -0.25) is 0 Å². The molecule has 8 aromatic carbocycles. The van der Waals surface area contributed by atoms with Gasteiger partial charge < -0.3 is 0 Å². The van der Waals surface area contributed by atoms with E-state index in [-0.39, 0.29) is 0 Å². The van der Waals surface area contributed by atoms with Gasteiger partial charge in [0.2, 0.25) is 29.5 Å². The van der Waals surface area contributed by atoms with Crippen LogP contribution in [0.15, 0.2) is 197 Å². The van der Waals surface area contributed by atoms with Crippen LogP contribution in [-0.4, -0.2) is 29.5 Å². The molecule has 0 aliphatic carbocycles. The van der Waals surface area contributed by atoms with E-state index in [1.54, 1.807) is 30.3 Å². The molecule has 75 heavy (non-hydrogen) atoms. The highest BCUT2D eigenvalue weighted by Gasteiger charge is 2.32. The molecule has 4 aliphatic rings. The third-order valence-corrected chi connectivity index (χ3v) is 22.3. The van der Waals surface area contributed by atoms with Gasteiger partial charge in [0, 0.05) is 29.1 Å². The molecular formula is C64H64O7S4. The predicted octanol–water partition coefficient (Wildman–Crippen LogP) is 13.4. The van der Waals surface area contributed by atoms with E-state index < -0.39 is 40.3 Å². The first-order valence-corrected chi connectivity index (χ1v) is 31.7. The van der Waals surface area contributed by atoms with Crippen LogP contribution in [0.5, 0.6) is 0 Å². The lowest BCUT2D eigenvalue weighted by molar-refractivity contribution is 0.589. The third-order valence-electron chi connectivity index (χ3n) is 14.9. The maximum absolute atomic E-state index is 12.8. The minimum Gasteiger partial charge on any atom is -0.249 e.